The molecule has 0 bridgehead atoms. The lowest BCUT2D eigenvalue weighted by Gasteiger charge is -2.16. The van der Waals surface area contributed by atoms with Gasteiger partial charge in [0.05, 0.1) is 5.25 Å². The number of nitrogens with one attached hydrogen (secondary N) is 3. The number of hydrogen-bond acceptors (Lipinski definition) is 5. The maximum Gasteiger partial charge on any atom is 0.264 e. The Morgan fingerprint density at radius 1 is 1.33 bits per heavy atom. The Bertz CT molecular complexity index is 518. The minimum absolute atomic E-state index is 0.103. The van der Waals surface area contributed by atoms with Crippen LogP contribution in [0.2, 0.25) is 0 Å². The number of aromatic nitrogens is 2. The summed E-state index contributed by atoms with van der Waals surface area (Å²) in [5, 5.41) is 8.20. The lowest BCUT2D eigenvalue weighted by molar-refractivity contribution is 0.553. The summed E-state index contributed by atoms with van der Waals surface area (Å²) in [6.07, 6.45) is 0. The zero-order valence-corrected chi connectivity index (χ0v) is 11.4. The summed E-state index contributed by atoms with van der Waals surface area (Å²) >= 11 is 0. The molecule has 102 valence electrons. The summed E-state index contributed by atoms with van der Waals surface area (Å²) in [7, 11) is -3.52. The molecule has 1 aromatic rings. The summed E-state index contributed by atoms with van der Waals surface area (Å²) in [6.45, 7) is 5.83. The van der Waals surface area contributed by atoms with Crippen LogP contribution in [-0.4, -0.2) is 36.5 Å². The van der Waals surface area contributed by atoms with Crippen molar-refractivity contribution in [2.75, 3.05) is 11.3 Å². The van der Waals surface area contributed by atoms with Crippen molar-refractivity contribution in [3.05, 3.63) is 22.5 Å². The van der Waals surface area contributed by atoms with Gasteiger partial charge in [-0.1, -0.05) is 13.8 Å². The first-order valence-electron chi connectivity index (χ1n) is 5.62. The van der Waals surface area contributed by atoms with Crippen LogP contribution in [0.4, 0.5) is 5.82 Å². The standard InChI is InChI=1S/C10H18N4O3S/c1-7(2)11-6-8(3)18(16,17)14-9-4-5-10(15)13-12-9/h4-5,7-8,11H,6H2,1-3H3,(H,12,14)(H,13,15). The highest BCUT2D eigenvalue weighted by Crippen LogP contribution is 2.06. The Morgan fingerprint density at radius 3 is 2.50 bits per heavy atom. The normalized spacial score (nSPS) is 13.6. The smallest absolute Gasteiger partial charge is 0.264 e. The second-order valence-electron chi connectivity index (χ2n) is 4.33. The minimum Gasteiger partial charge on any atom is -0.313 e. The maximum absolute atomic E-state index is 11.9. The molecule has 0 aromatic carbocycles. The van der Waals surface area contributed by atoms with Crippen LogP contribution in [0, 0.1) is 0 Å². The van der Waals surface area contributed by atoms with Gasteiger partial charge in [0.15, 0.2) is 5.82 Å². The molecule has 7 nitrogen and oxygen atoms in total. The predicted octanol–water partition coefficient (Wildman–Crippen LogP) is -0.102. The molecule has 0 aliphatic carbocycles. The molecule has 0 fully saturated rings. The van der Waals surface area contributed by atoms with Crippen molar-refractivity contribution in [3.63, 3.8) is 0 Å². The van der Waals surface area contributed by atoms with E-state index in [1.807, 2.05) is 13.8 Å². The van der Waals surface area contributed by atoms with E-state index in [1.165, 1.54) is 12.1 Å². The fourth-order valence-electron chi connectivity index (χ4n) is 1.16. The summed E-state index contributed by atoms with van der Waals surface area (Å²) < 4.78 is 26.1. The molecule has 1 aromatic heterocycles. The van der Waals surface area contributed by atoms with Crippen molar-refractivity contribution in [3.8, 4) is 0 Å². The van der Waals surface area contributed by atoms with Gasteiger partial charge < -0.3 is 5.32 Å². The van der Waals surface area contributed by atoms with E-state index >= 15 is 0 Å². The number of sulfonamides is 1. The summed E-state index contributed by atoms with van der Waals surface area (Å²) in [6, 6.07) is 2.75. The number of nitrogens with zero attached hydrogens (tertiary/aromatic N) is 1. The second-order valence-corrected chi connectivity index (χ2v) is 6.43. The summed E-state index contributed by atoms with van der Waals surface area (Å²) in [4.78, 5) is 10.8. The first kappa shape index (κ1) is 14.7. The Balaban J connectivity index is 2.69. The predicted molar refractivity (Wildman–Crippen MR) is 70.0 cm³/mol. The Morgan fingerprint density at radius 2 is 2.00 bits per heavy atom. The number of aromatic amines is 1. The number of rotatable bonds is 6. The van der Waals surface area contributed by atoms with Gasteiger partial charge in [-0.25, -0.2) is 13.5 Å². The molecular weight excluding hydrogens is 256 g/mol. The molecule has 1 heterocycles. The first-order valence-corrected chi connectivity index (χ1v) is 7.16. The highest BCUT2D eigenvalue weighted by atomic mass is 32.2. The van der Waals surface area contributed by atoms with Gasteiger partial charge in [-0.3, -0.25) is 9.52 Å². The van der Waals surface area contributed by atoms with Gasteiger partial charge in [-0.15, -0.1) is 0 Å². The lowest BCUT2D eigenvalue weighted by Crippen LogP contribution is -2.37. The molecule has 0 amide bonds. The number of anilines is 1. The van der Waals surface area contributed by atoms with Crippen LogP contribution in [0.15, 0.2) is 16.9 Å². The molecule has 1 unspecified atom stereocenters. The molecule has 1 atom stereocenters. The maximum atomic E-state index is 11.9. The molecule has 0 spiro atoms. The molecule has 0 saturated carbocycles. The molecule has 1 rings (SSSR count). The quantitative estimate of drug-likeness (QED) is 0.672. The zero-order valence-electron chi connectivity index (χ0n) is 10.6. The average Bonchev–Trinajstić information content (AvgIpc) is 2.28. The van der Waals surface area contributed by atoms with Gasteiger partial charge in [0.25, 0.3) is 5.56 Å². The fraction of sp³-hybridized carbons (Fsp3) is 0.600. The molecule has 8 heteroatoms. The van der Waals surface area contributed by atoms with Crippen molar-refractivity contribution < 1.29 is 8.42 Å². The average molecular weight is 274 g/mol. The van der Waals surface area contributed by atoms with E-state index in [0.29, 0.717) is 6.54 Å². The third-order valence-corrected chi connectivity index (χ3v) is 3.99. The van der Waals surface area contributed by atoms with Gasteiger partial charge in [-0.2, -0.15) is 5.10 Å². The van der Waals surface area contributed by atoms with Gasteiger partial charge in [0.1, 0.15) is 0 Å². The van der Waals surface area contributed by atoms with Crippen molar-refractivity contribution in [2.24, 2.45) is 0 Å². The highest BCUT2D eigenvalue weighted by molar-refractivity contribution is 7.93. The van der Waals surface area contributed by atoms with Crippen LogP contribution in [0.1, 0.15) is 20.8 Å². The van der Waals surface area contributed by atoms with E-state index in [1.54, 1.807) is 6.92 Å². The third kappa shape index (κ3) is 4.46. The molecule has 0 radical (unpaired) electrons. The van der Waals surface area contributed by atoms with Crippen molar-refractivity contribution in [2.45, 2.75) is 32.1 Å². The lowest BCUT2D eigenvalue weighted by atomic mass is 10.3. The van der Waals surface area contributed by atoms with Gasteiger partial charge in [0, 0.05) is 18.7 Å². The van der Waals surface area contributed by atoms with E-state index in [9.17, 15) is 13.2 Å². The fourth-order valence-corrected chi connectivity index (χ4v) is 2.08. The Hall–Kier alpha value is -1.41. The van der Waals surface area contributed by atoms with Gasteiger partial charge in [-0.05, 0) is 13.0 Å². The molecule has 3 N–H and O–H groups in total. The van der Waals surface area contributed by atoms with Crippen molar-refractivity contribution in [1.29, 1.82) is 0 Å². The molecule has 0 aliphatic heterocycles. The van der Waals surface area contributed by atoms with Crippen molar-refractivity contribution >= 4 is 15.8 Å². The third-order valence-electron chi connectivity index (χ3n) is 2.27. The van der Waals surface area contributed by atoms with Crippen LogP contribution in [0.25, 0.3) is 0 Å². The second kappa shape index (κ2) is 5.96. The van der Waals surface area contributed by atoms with Crippen LogP contribution in [-0.2, 0) is 10.0 Å². The Labute approximate surface area is 106 Å². The van der Waals surface area contributed by atoms with Crippen molar-refractivity contribution in [1.82, 2.24) is 15.5 Å². The van der Waals surface area contributed by atoms with Gasteiger partial charge >= 0.3 is 0 Å². The molecule has 0 aliphatic rings. The summed E-state index contributed by atoms with van der Waals surface area (Å²) in [5.41, 5.74) is -0.382. The van der Waals surface area contributed by atoms with E-state index in [2.05, 4.69) is 20.2 Å². The largest absolute Gasteiger partial charge is 0.313 e. The van der Waals surface area contributed by atoms with Crippen LogP contribution >= 0.6 is 0 Å². The van der Waals surface area contributed by atoms with E-state index < -0.39 is 15.3 Å². The summed E-state index contributed by atoms with van der Waals surface area (Å²) in [5.74, 6) is 0.103. The van der Waals surface area contributed by atoms with Crippen LogP contribution in [0.3, 0.4) is 0 Å². The van der Waals surface area contributed by atoms with E-state index in [0.717, 1.165) is 0 Å². The molecular formula is C10H18N4O3S. The first-order chi connectivity index (χ1) is 8.31. The number of hydrogen-bond donors (Lipinski definition) is 3. The molecule has 18 heavy (non-hydrogen) atoms. The topological polar surface area (TPSA) is 104 Å². The molecule has 0 saturated heterocycles. The minimum atomic E-state index is -3.52. The van der Waals surface area contributed by atoms with Crippen LogP contribution in [0.5, 0.6) is 0 Å². The monoisotopic (exact) mass is 274 g/mol. The van der Waals surface area contributed by atoms with Crippen LogP contribution < -0.4 is 15.6 Å². The highest BCUT2D eigenvalue weighted by Gasteiger charge is 2.21. The Kier molecular flexibility index (Phi) is 4.85. The van der Waals surface area contributed by atoms with Gasteiger partial charge in [0.2, 0.25) is 10.0 Å². The van der Waals surface area contributed by atoms with E-state index in [-0.39, 0.29) is 17.4 Å². The number of H-pyrrole nitrogens is 1. The SMILES string of the molecule is CC(C)NCC(C)S(=O)(=O)Nc1ccc(=O)[nH]n1. The zero-order chi connectivity index (χ0) is 13.8. The van der Waals surface area contributed by atoms with E-state index in [4.69, 9.17) is 0 Å².